The van der Waals surface area contributed by atoms with Crippen molar-refractivity contribution in [3.63, 3.8) is 0 Å². The summed E-state index contributed by atoms with van der Waals surface area (Å²) in [4.78, 5) is 12.3. The first-order chi connectivity index (χ1) is 14.8. The van der Waals surface area contributed by atoms with E-state index in [1.165, 1.54) is 55.7 Å². The van der Waals surface area contributed by atoms with E-state index in [1.807, 2.05) is 18.3 Å². The number of piperidine rings is 1. The molecule has 2 aliphatic heterocycles. The topological polar surface area (TPSA) is 22.6 Å². The first kappa shape index (κ1) is 22.3. The minimum Gasteiger partial charge on any atom is -0.371 e. The van der Waals surface area contributed by atoms with E-state index in [1.54, 1.807) is 0 Å². The zero-order valence-corrected chi connectivity index (χ0v) is 19.4. The third-order valence-electron chi connectivity index (χ3n) is 6.70. The number of pyridine rings is 1. The van der Waals surface area contributed by atoms with Gasteiger partial charge in [0.15, 0.2) is 0 Å². The number of hydrogen-bond acceptors (Lipinski definition) is 4. The number of anilines is 1. The molecule has 1 aromatic heterocycles. The molecule has 2 fully saturated rings. The number of halogens is 2. The molecule has 3 aromatic rings. The number of hydrogen-bond donors (Lipinski definition) is 0. The molecule has 0 radical (unpaired) electrons. The van der Waals surface area contributed by atoms with Gasteiger partial charge in [-0.15, -0.1) is 12.4 Å². The standard InChI is InChI=1S/C25H29ClN4.ClH/c26-21-6-7-24-20(8-11-27-25(24)18-21)19-28-14-16-30(17-15-28)23-9-12-29(13-10-23)22-4-2-1-3-5-22;/h1-8,11,18,23H,9-10,12-17,19H2;1H. The minimum atomic E-state index is 0. The van der Waals surface area contributed by atoms with Gasteiger partial charge in [-0.3, -0.25) is 14.8 Å². The van der Waals surface area contributed by atoms with Crippen LogP contribution in [0, 0.1) is 0 Å². The van der Waals surface area contributed by atoms with Gasteiger partial charge in [0.25, 0.3) is 0 Å². The third kappa shape index (κ3) is 5.15. The van der Waals surface area contributed by atoms with E-state index in [4.69, 9.17) is 11.6 Å². The summed E-state index contributed by atoms with van der Waals surface area (Å²) in [6, 6.07) is 19.8. The molecule has 3 heterocycles. The molecule has 4 nitrogen and oxygen atoms in total. The Labute approximate surface area is 196 Å². The van der Waals surface area contributed by atoms with Gasteiger partial charge < -0.3 is 4.90 Å². The second-order valence-corrected chi connectivity index (χ2v) is 8.93. The number of aromatic nitrogens is 1. The fraction of sp³-hybridized carbons (Fsp3) is 0.400. The fourth-order valence-electron chi connectivity index (χ4n) is 4.97. The van der Waals surface area contributed by atoms with E-state index in [9.17, 15) is 0 Å². The number of nitrogens with zero attached hydrogens (tertiary/aromatic N) is 4. The van der Waals surface area contributed by atoms with E-state index in [0.29, 0.717) is 0 Å². The summed E-state index contributed by atoms with van der Waals surface area (Å²) < 4.78 is 0. The Hall–Kier alpha value is -1.85. The summed E-state index contributed by atoms with van der Waals surface area (Å²) in [7, 11) is 0. The lowest BCUT2D eigenvalue weighted by Crippen LogP contribution is -2.53. The highest BCUT2D eigenvalue weighted by molar-refractivity contribution is 6.31. The number of benzene rings is 2. The molecule has 0 N–H and O–H groups in total. The van der Waals surface area contributed by atoms with Crippen LogP contribution in [-0.4, -0.2) is 60.1 Å². The van der Waals surface area contributed by atoms with Crippen LogP contribution in [0.3, 0.4) is 0 Å². The second-order valence-electron chi connectivity index (χ2n) is 8.50. The summed E-state index contributed by atoms with van der Waals surface area (Å²) in [5.74, 6) is 0. The lowest BCUT2D eigenvalue weighted by molar-refractivity contribution is 0.0814. The molecular formula is C25H30Cl2N4. The fourth-order valence-corrected chi connectivity index (χ4v) is 5.14. The normalized spacial score (nSPS) is 18.8. The van der Waals surface area contributed by atoms with Crippen LogP contribution in [0.1, 0.15) is 18.4 Å². The molecule has 2 saturated heterocycles. The van der Waals surface area contributed by atoms with Gasteiger partial charge in [0.05, 0.1) is 5.52 Å². The number of rotatable bonds is 4. The average Bonchev–Trinajstić information content (AvgIpc) is 2.80. The van der Waals surface area contributed by atoms with Crippen LogP contribution in [0.15, 0.2) is 60.8 Å². The van der Waals surface area contributed by atoms with Crippen LogP contribution in [0.25, 0.3) is 10.9 Å². The molecule has 2 aromatic carbocycles. The molecule has 0 saturated carbocycles. The zero-order valence-electron chi connectivity index (χ0n) is 17.8. The number of para-hydroxylation sites is 1. The summed E-state index contributed by atoms with van der Waals surface area (Å²) in [5, 5.41) is 1.97. The highest BCUT2D eigenvalue weighted by Crippen LogP contribution is 2.25. The Morgan fingerprint density at radius 2 is 1.61 bits per heavy atom. The molecule has 0 unspecified atom stereocenters. The first-order valence-corrected chi connectivity index (χ1v) is 11.4. The molecule has 0 aliphatic carbocycles. The summed E-state index contributed by atoms with van der Waals surface area (Å²) in [5.41, 5.74) is 3.71. The van der Waals surface area contributed by atoms with Crippen molar-refractivity contribution in [1.29, 1.82) is 0 Å². The first-order valence-electron chi connectivity index (χ1n) is 11.1. The number of piperazine rings is 1. The summed E-state index contributed by atoms with van der Waals surface area (Å²) >= 11 is 6.14. The highest BCUT2D eigenvalue weighted by atomic mass is 35.5. The quantitative estimate of drug-likeness (QED) is 0.544. The molecule has 0 spiro atoms. The molecule has 31 heavy (non-hydrogen) atoms. The molecule has 0 amide bonds. The highest BCUT2D eigenvalue weighted by Gasteiger charge is 2.27. The van der Waals surface area contributed by atoms with Crippen LogP contribution in [0.4, 0.5) is 5.69 Å². The molecule has 6 heteroatoms. The van der Waals surface area contributed by atoms with Crippen molar-refractivity contribution in [2.75, 3.05) is 44.2 Å². The third-order valence-corrected chi connectivity index (χ3v) is 6.93. The minimum absolute atomic E-state index is 0. The van der Waals surface area contributed by atoms with Crippen molar-refractivity contribution >= 4 is 40.6 Å². The van der Waals surface area contributed by atoms with Crippen LogP contribution in [0.5, 0.6) is 0 Å². The van der Waals surface area contributed by atoms with Gasteiger partial charge in [-0.25, -0.2) is 0 Å². The Bertz CT molecular complexity index is 981. The zero-order chi connectivity index (χ0) is 20.3. The molecule has 164 valence electrons. The SMILES string of the molecule is Cl.Clc1ccc2c(CN3CCN(C4CCN(c5ccccc5)CC4)CC3)ccnc2c1. The summed E-state index contributed by atoms with van der Waals surface area (Å²) in [6.07, 6.45) is 4.44. The van der Waals surface area contributed by atoms with Crippen molar-refractivity contribution in [1.82, 2.24) is 14.8 Å². The lowest BCUT2D eigenvalue weighted by atomic mass is 10.0. The predicted octanol–water partition coefficient (Wildman–Crippen LogP) is 5.10. The van der Waals surface area contributed by atoms with E-state index >= 15 is 0 Å². The van der Waals surface area contributed by atoms with Gasteiger partial charge in [0.1, 0.15) is 0 Å². The van der Waals surface area contributed by atoms with Gasteiger partial charge in [-0.2, -0.15) is 0 Å². The maximum Gasteiger partial charge on any atom is 0.0720 e. The van der Waals surface area contributed by atoms with E-state index in [2.05, 4.69) is 62.1 Å². The maximum absolute atomic E-state index is 6.14. The van der Waals surface area contributed by atoms with Crippen molar-refractivity contribution in [2.45, 2.75) is 25.4 Å². The Morgan fingerprint density at radius 3 is 2.35 bits per heavy atom. The van der Waals surface area contributed by atoms with Crippen molar-refractivity contribution in [2.24, 2.45) is 0 Å². The molecule has 5 rings (SSSR count). The van der Waals surface area contributed by atoms with Crippen molar-refractivity contribution in [3.05, 3.63) is 71.4 Å². The molecular weight excluding hydrogens is 427 g/mol. The largest absolute Gasteiger partial charge is 0.371 e. The summed E-state index contributed by atoms with van der Waals surface area (Å²) in [6.45, 7) is 7.93. The van der Waals surface area contributed by atoms with Gasteiger partial charge in [0, 0.05) is 74.1 Å². The van der Waals surface area contributed by atoms with Gasteiger partial charge >= 0.3 is 0 Å². The van der Waals surface area contributed by atoms with Gasteiger partial charge in [0.2, 0.25) is 0 Å². The Kier molecular flexibility index (Phi) is 7.34. The second kappa shape index (κ2) is 10.2. The van der Waals surface area contributed by atoms with Crippen LogP contribution in [-0.2, 0) is 6.54 Å². The van der Waals surface area contributed by atoms with Crippen LogP contribution < -0.4 is 4.90 Å². The van der Waals surface area contributed by atoms with Crippen LogP contribution in [0.2, 0.25) is 5.02 Å². The Morgan fingerprint density at radius 1 is 0.871 bits per heavy atom. The monoisotopic (exact) mass is 456 g/mol. The molecule has 0 bridgehead atoms. The average molecular weight is 457 g/mol. The predicted molar refractivity (Wildman–Crippen MR) is 133 cm³/mol. The van der Waals surface area contributed by atoms with Crippen molar-refractivity contribution < 1.29 is 0 Å². The van der Waals surface area contributed by atoms with Gasteiger partial charge in [-0.05, 0) is 48.7 Å². The van der Waals surface area contributed by atoms with E-state index in [-0.39, 0.29) is 12.4 Å². The maximum atomic E-state index is 6.14. The smallest absolute Gasteiger partial charge is 0.0720 e. The molecule has 2 aliphatic rings. The Balaban J connectivity index is 0.00000231. The van der Waals surface area contributed by atoms with E-state index in [0.717, 1.165) is 36.2 Å². The van der Waals surface area contributed by atoms with Crippen LogP contribution >= 0.6 is 24.0 Å². The van der Waals surface area contributed by atoms with E-state index < -0.39 is 0 Å². The van der Waals surface area contributed by atoms with Crippen molar-refractivity contribution in [3.8, 4) is 0 Å². The van der Waals surface area contributed by atoms with Gasteiger partial charge in [-0.1, -0.05) is 35.9 Å². The lowest BCUT2D eigenvalue weighted by Gasteiger charge is -2.43. The molecule has 0 atom stereocenters. The number of fused-ring (bicyclic) bond motifs is 1.